The monoisotopic (exact) mass is 384 g/mol. The average molecular weight is 385 g/mol. The predicted molar refractivity (Wildman–Crippen MR) is 120 cm³/mol. The highest BCUT2D eigenvalue weighted by Crippen LogP contribution is 2.62. The lowest BCUT2D eigenvalue weighted by Gasteiger charge is -2.61. The maximum Gasteiger partial charge on any atom is -0.0321 e. The van der Waals surface area contributed by atoms with Crippen molar-refractivity contribution in [3.63, 3.8) is 0 Å². The van der Waals surface area contributed by atoms with E-state index < -0.39 is 0 Å². The molecule has 5 aliphatic carbocycles. The van der Waals surface area contributed by atoms with Crippen LogP contribution in [-0.2, 0) is 0 Å². The SMILES string of the molecule is CC1CCC(C2C3CCCCC3C(C3CCCCC3C)C3CCCCC32)CC1. The van der Waals surface area contributed by atoms with Gasteiger partial charge < -0.3 is 0 Å². The molecule has 0 N–H and O–H groups in total. The molecule has 0 bridgehead atoms. The zero-order valence-electron chi connectivity index (χ0n) is 19.1. The van der Waals surface area contributed by atoms with Crippen molar-refractivity contribution >= 4 is 0 Å². The van der Waals surface area contributed by atoms with E-state index in [4.69, 9.17) is 0 Å². The molecule has 5 rings (SSSR count). The molecule has 0 spiro atoms. The second-order valence-corrected chi connectivity index (χ2v) is 12.3. The van der Waals surface area contributed by atoms with E-state index in [2.05, 4.69) is 13.8 Å². The Balaban J connectivity index is 1.46. The number of hydrogen-bond acceptors (Lipinski definition) is 0. The number of hydrogen-bond donors (Lipinski definition) is 0. The Hall–Kier alpha value is 0. The number of rotatable bonds is 2. The normalized spacial score (nSPS) is 52.5. The smallest absolute Gasteiger partial charge is 0.0321 e. The quantitative estimate of drug-likeness (QED) is 0.447. The number of fused-ring (bicyclic) bond motifs is 2. The molecule has 160 valence electrons. The fraction of sp³-hybridized carbons (Fsp3) is 1.00. The third-order valence-electron chi connectivity index (χ3n) is 11.0. The average Bonchev–Trinajstić information content (AvgIpc) is 2.73. The first-order valence-electron chi connectivity index (χ1n) is 13.7. The van der Waals surface area contributed by atoms with E-state index in [9.17, 15) is 0 Å². The van der Waals surface area contributed by atoms with E-state index in [0.29, 0.717) is 0 Å². The molecule has 0 heterocycles. The lowest BCUT2D eigenvalue weighted by Crippen LogP contribution is -2.54. The van der Waals surface area contributed by atoms with Gasteiger partial charge in [-0.05, 0) is 104 Å². The summed E-state index contributed by atoms with van der Waals surface area (Å²) in [7, 11) is 0. The highest BCUT2D eigenvalue weighted by molar-refractivity contribution is 5.04. The summed E-state index contributed by atoms with van der Waals surface area (Å²) in [4.78, 5) is 0. The van der Waals surface area contributed by atoms with Gasteiger partial charge in [0.25, 0.3) is 0 Å². The van der Waals surface area contributed by atoms with Gasteiger partial charge in [0.05, 0.1) is 0 Å². The minimum absolute atomic E-state index is 1.01. The summed E-state index contributed by atoms with van der Waals surface area (Å²) >= 11 is 0. The van der Waals surface area contributed by atoms with Crippen molar-refractivity contribution in [2.75, 3.05) is 0 Å². The molecule has 0 aliphatic heterocycles. The molecule has 6 unspecified atom stereocenters. The van der Waals surface area contributed by atoms with E-state index in [1.54, 1.807) is 96.3 Å². The van der Waals surface area contributed by atoms with Crippen molar-refractivity contribution in [3.8, 4) is 0 Å². The van der Waals surface area contributed by atoms with Crippen molar-refractivity contribution in [1.82, 2.24) is 0 Å². The van der Waals surface area contributed by atoms with Gasteiger partial charge in [-0.25, -0.2) is 0 Å². The second kappa shape index (κ2) is 8.63. The van der Waals surface area contributed by atoms with Crippen LogP contribution in [0.25, 0.3) is 0 Å². The molecule has 0 aromatic heterocycles. The Bertz CT molecular complexity index is 476. The van der Waals surface area contributed by atoms with Gasteiger partial charge >= 0.3 is 0 Å². The summed E-state index contributed by atoms with van der Waals surface area (Å²) in [6.07, 6.45) is 25.1. The largest absolute Gasteiger partial charge is 0.0625 e. The molecule has 0 nitrogen and oxygen atoms in total. The van der Waals surface area contributed by atoms with Crippen molar-refractivity contribution in [3.05, 3.63) is 0 Å². The van der Waals surface area contributed by atoms with Crippen molar-refractivity contribution in [2.45, 2.75) is 117 Å². The minimum atomic E-state index is 1.01. The molecule has 0 aromatic rings. The first kappa shape index (κ1) is 19.9. The van der Waals surface area contributed by atoms with Gasteiger partial charge in [-0.1, -0.05) is 71.6 Å². The van der Waals surface area contributed by atoms with Gasteiger partial charge in [-0.15, -0.1) is 0 Å². The van der Waals surface area contributed by atoms with Crippen molar-refractivity contribution < 1.29 is 0 Å². The van der Waals surface area contributed by atoms with Crippen LogP contribution in [0, 0.1) is 59.2 Å². The summed E-state index contributed by atoms with van der Waals surface area (Å²) < 4.78 is 0. The lowest BCUT2D eigenvalue weighted by atomic mass is 9.44. The third kappa shape index (κ3) is 3.62. The van der Waals surface area contributed by atoms with Crippen LogP contribution in [-0.4, -0.2) is 0 Å². The Morgan fingerprint density at radius 3 is 1.32 bits per heavy atom. The molecule has 0 radical (unpaired) electrons. The van der Waals surface area contributed by atoms with E-state index in [0.717, 1.165) is 59.2 Å². The van der Waals surface area contributed by atoms with Gasteiger partial charge in [0.1, 0.15) is 0 Å². The zero-order valence-corrected chi connectivity index (χ0v) is 19.1. The van der Waals surface area contributed by atoms with E-state index in [1.165, 1.54) is 6.42 Å². The van der Waals surface area contributed by atoms with Crippen molar-refractivity contribution in [2.24, 2.45) is 59.2 Å². The Labute approximate surface area is 176 Å². The van der Waals surface area contributed by atoms with Gasteiger partial charge in [0.2, 0.25) is 0 Å². The third-order valence-corrected chi connectivity index (χ3v) is 11.0. The minimum Gasteiger partial charge on any atom is -0.0625 e. The summed E-state index contributed by atoms with van der Waals surface area (Å²) in [6.45, 7) is 5.17. The van der Waals surface area contributed by atoms with Crippen molar-refractivity contribution in [1.29, 1.82) is 0 Å². The molecular formula is C28H48. The Kier molecular flexibility index (Phi) is 6.14. The van der Waals surface area contributed by atoms with Crippen LogP contribution in [0.4, 0.5) is 0 Å². The molecule has 0 heteroatoms. The van der Waals surface area contributed by atoms with Crippen LogP contribution < -0.4 is 0 Å². The molecule has 0 saturated heterocycles. The van der Waals surface area contributed by atoms with Crippen LogP contribution >= 0.6 is 0 Å². The lowest BCUT2D eigenvalue weighted by molar-refractivity contribution is -0.119. The van der Waals surface area contributed by atoms with E-state index >= 15 is 0 Å². The van der Waals surface area contributed by atoms with Crippen LogP contribution in [0.5, 0.6) is 0 Å². The second-order valence-electron chi connectivity index (χ2n) is 12.3. The van der Waals surface area contributed by atoms with Crippen LogP contribution in [0.2, 0.25) is 0 Å². The maximum atomic E-state index is 2.65. The Morgan fingerprint density at radius 2 is 0.821 bits per heavy atom. The highest BCUT2D eigenvalue weighted by atomic mass is 14.6. The van der Waals surface area contributed by atoms with Crippen LogP contribution in [0.3, 0.4) is 0 Å². The van der Waals surface area contributed by atoms with Crippen LogP contribution in [0.1, 0.15) is 117 Å². The molecular weight excluding hydrogens is 336 g/mol. The van der Waals surface area contributed by atoms with Gasteiger partial charge in [0.15, 0.2) is 0 Å². The molecule has 0 aromatic carbocycles. The summed E-state index contributed by atoms with van der Waals surface area (Å²) in [5.74, 6) is 11.0. The predicted octanol–water partition coefficient (Wildman–Crippen LogP) is 8.50. The fourth-order valence-corrected chi connectivity index (χ4v) is 9.84. The van der Waals surface area contributed by atoms with E-state index in [-0.39, 0.29) is 0 Å². The fourth-order valence-electron chi connectivity index (χ4n) is 9.84. The van der Waals surface area contributed by atoms with E-state index in [1.807, 2.05) is 0 Å². The molecule has 0 amide bonds. The summed E-state index contributed by atoms with van der Waals surface area (Å²) in [5.41, 5.74) is 0. The van der Waals surface area contributed by atoms with Crippen LogP contribution in [0.15, 0.2) is 0 Å². The molecule has 28 heavy (non-hydrogen) atoms. The maximum absolute atomic E-state index is 2.65. The Morgan fingerprint density at radius 1 is 0.393 bits per heavy atom. The van der Waals surface area contributed by atoms with Gasteiger partial charge in [-0.3, -0.25) is 0 Å². The standard InChI is InChI=1S/C28H48/c1-19-15-17-21(18-16-19)27-23-11-5-7-13-25(23)28(22-10-4-3-9-20(22)2)26-14-8-6-12-24(26)27/h19-28H,3-18H2,1-2H3. The summed E-state index contributed by atoms with van der Waals surface area (Å²) in [6, 6.07) is 0. The first-order valence-corrected chi connectivity index (χ1v) is 13.7. The molecule has 5 saturated carbocycles. The molecule has 5 fully saturated rings. The molecule has 5 aliphatic rings. The topological polar surface area (TPSA) is 0 Å². The van der Waals surface area contributed by atoms with Gasteiger partial charge in [-0.2, -0.15) is 0 Å². The zero-order chi connectivity index (χ0) is 19.1. The summed E-state index contributed by atoms with van der Waals surface area (Å²) in [5, 5.41) is 0. The highest BCUT2D eigenvalue weighted by Gasteiger charge is 2.55. The van der Waals surface area contributed by atoms with Gasteiger partial charge in [0, 0.05) is 0 Å². The molecule has 6 atom stereocenters. The first-order chi connectivity index (χ1) is 13.7.